The number of thiophene rings is 1. The molecule has 0 fully saturated rings. The van der Waals surface area contributed by atoms with Crippen molar-refractivity contribution < 1.29 is 9.50 Å². The topological polar surface area (TPSA) is 53.1 Å². The summed E-state index contributed by atoms with van der Waals surface area (Å²) in [5, 5.41) is 13.8. The molecule has 126 valence electrons. The van der Waals surface area contributed by atoms with Gasteiger partial charge in [-0.2, -0.15) is 0 Å². The number of benzene rings is 2. The molecule has 0 aliphatic carbocycles. The molecule has 4 aromatic rings. The zero-order valence-corrected chi connectivity index (χ0v) is 14.4. The van der Waals surface area contributed by atoms with E-state index in [2.05, 4.69) is 4.98 Å². The van der Waals surface area contributed by atoms with Crippen molar-refractivity contribution in [2.24, 2.45) is 0 Å². The van der Waals surface area contributed by atoms with Crippen LogP contribution in [-0.2, 0) is 6.42 Å². The third-order valence-electron chi connectivity index (χ3n) is 4.43. The van der Waals surface area contributed by atoms with Gasteiger partial charge in [0.2, 0.25) is 0 Å². The predicted octanol–water partition coefficient (Wildman–Crippen LogP) is 5.21. The van der Waals surface area contributed by atoms with Gasteiger partial charge in [0.05, 0.1) is 0 Å². The number of fused-ring (bicyclic) bond motifs is 3. The van der Waals surface area contributed by atoms with Gasteiger partial charge in [0, 0.05) is 21.9 Å². The molecule has 0 aliphatic rings. The Kier molecular flexibility index (Phi) is 3.81. The van der Waals surface area contributed by atoms with Crippen LogP contribution in [0.4, 0.5) is 4.39 Å². The van der Waals surface area contributed by atoms with Crippen molar-refractivity contribution in [1.82, 2.24) is 4.98 Å². The van der Waals surface area contributed by atoms with E-state index in [9.17, 15) is 14.3 Å². The van der Waals surface area contributed by atoms with Crippen molar-refractivity contribution >= 4 is 32.3 Å². The molecule has 4 rings (SSSR count). The first-order valence-corrected chi connectivity index (χ1v) is 9.02. The molecule has 3 nitrogen and oxygen atoms in total. The van der Waals surface area contributed by atoms with E-state index in [1.807, 2.05) is 24.4 Å². The molecule has 0 unspecified atom stereocenters. The molecule has 0 amide bonds. The van der Waals surface area contributed by atoms with E-state index in [-0.39, 0.29) is 17.1 Å². The number of rotatable bonds is 3. The van der Waals surface area contributed by atoms with Crippen LogP contribution in [0.5, 0.6) is 5.75 Å². The van der Waals surface area contributed by atoms with Crippen LogP contribution in [0.25, 0.3) is 32.1 Å². The number of aromatic amines is 1. The van der Waals surface area contributed by atoms with Crippen LogP contribution in [0.1, 0.15) is 18.9 Å². The van der Waals surface area contributed by atoms with Crippen molar-refractivity contribution in [2.45, 2.75) is 19.8 Å². The monoisotopic (exact) mass is 353 g/mol. The quantitative estimate of drug-likeness (QED) is 0.531. The van der Waals surface area contributed by atoms with Gasteiger partial charge >= 0.3 is 0 Å². The molecule has 2 N–H and O–H groups in total. The standard InChI is InChI=1S/C20H16FNO2S/c1-2-3-11-4-5-12(10-14(11)21)17-16(23)7-6-15-18(17)13-8-9-25-19(13)20(24)22-15/h4-10,23H,2-3H2,1H3,(H,22,24). The first-order chi connectivity index (χ1) is 12.1. The van der Waals surface area contributed by atoms with Crippen LogP contribution >= 0.6 is 11.3 Å². The van der Waals surface area contributed by atoms with E-state index in [0.29, 0.717) is 33.3 Å². The van der Waals surface area contributed by atoms with Crippen LogP contribution in [0, 0.1) is 5.82 Å². The summed E-state index contributed by atoms with van der Waals surface area (Å²) in [4.78, 5) is 15.0. The SMILES string of the molecule is CCCc1ccc(-c2c(O)ccc3[nH]c(=O)c4sccc4c23)cc1F. The zero-order valence-electron chi connectivity index (χ0n) is 13.6. The maximum absolute atomic E-state index is 14.4. The minimum atomic E-state index is -0.276. The predicted molar refractivity (Wildman–Crippen MR) is 101 cm³/mol. The van der Waals surface area contributed by atoms with Crippen LogP contribution < -0.4 is 5.56 Å². The summed E-state index contributed by atoms with van der Waals surface area (Å²) >= 11 is 1.35. The molecule has 0 aliphatic heterocycles. The van der Waals surface area contributed by atoms with Gasteiger partial charge < -0.3 is 10.1 Å². The highest BCUT2D eigenvalue weighted by Crippen LogP contribution is 2.40. The third-order valence-corrected chi connectivity index (χ3v) is 5.35. The first kappa shape index (κ1) is 15.8. The molecule has 0 radical (unpaired) electrons. The number of aromatic nitrogens is 1. The summed E-state index contributed by atoms with van der Waals surface area (Å²) in [5.41, 5.74) is 2.28. The van der Waals surface area contributed by atoms with Gasteiger partial charge in [0.1, 0.15) is 16.3 Å². The average Bonchev–Trinajstić information content (AvgIpc) is 3.08. The number of phenols is 1. The van der Waals surface area contributed by atoms with Crippen molar-refractivity contribution in [2.75, 3.05) is 0 Å². The zero-order chi connectivity index (χ0) is 17.6. The number of pyridine rings is 1. The maximum atomic E-state index is 14.4. The van der Waals surface area contributed by atoms with Crippen LogP contribution in [0.2, 0.25) is 0 Å². The second kappa shape index (κ2) is 6.01. The highest BCUT2D eigenvalue weighted by atomic mass is 32.1. The fraction of sp³-hybridized carbons (Fsp3) is 0.150. The maximum Gasteiger partial charge on any atom is 0.266 e. The van der Waals surface area contributed by atoms with Gasteiger partial charge in [-0.15, -0.1) is 11.3 Å². The molecule has 2 heterocycles. The molecule has 2 aromatic carbocycles. The average molecular weight is 353 g/mol. The lowest BCUT2D eigenvalue weighted by Crippen LogP contribution is -2.04. The summed E-state index contributed by atoms with van der Waals surface area (Å²) in [6.45, 7) is 2.01. The largest absolute Gasteiger partial charge is 0.507 e. The van der Waals surface area contributed by atoms with Gasteiger partial charge in [-0.1, -0.05) is 25.5 Å². The highest BCUT2D eigenvalue weighted by molar-refractivity contribution is 7.17. The molecule has 0 saturated carbocycles. The number of hydrogen-bond acceptors (Lipinski definition) is 3. The number of aromatic hydroxyl groups is 1. The lowest BCUT2D eigenvalue weighted by Gasteiger charge is -2.12. The number of phenolic OH excluding ortho intramolecular Hbond substituents is 1. The van der Waals surface area contributed by atoms with Gasteiger partial charge in [-0.25, -0.2) is 4.39 Å². The second-order valence-corrected chi connectivity index (χ2v) is 6.97. The molecule has 0 bridgehead atoms. The normalized spacial score (nSPS) is 11.4. The molecule has 0 spiro atoms. The Hall–Kier alpha value is -2.66. The Balaban J connectivity index is 2.07. The molecule has 2 aromatic heterocycles. The Labute approximate surface area is 147 Å². The minimum absolute atomic E-state index is 0.0645. The summed E-state index contributed by atoms with van der Waals surface area (Å²) in [5.74, 6) is -0.212. The number of halogens is 1. The lowest BCUT2D eigenvalue weighted by molar-refractivity contribution is 0.478. The Morgan fingerprint density at radius 3 is 2.80 bits per heavy atom. The van der Waals surface area contributed by atoms with E-state index in [1.165, 1.54) is 23.5 Å². The molecule has 25 heavy (non-hydrogen) atoms. The minimum Gasteiger partial charge on any atom is -0.507 e. The van der Waals surface area contributed by atoms with E-state index in [1.54, 1.807) is 12.1 Å². The fourth-order valence-electron chi connectivity index (χ4n) is 3.30. The van der Waals surface area contributed by atoms with Gasteiger partial charge in [-0.05, 0) is 47.2 Å². The van der Waals surface area contributed by atoms with Crippen LogP contribution in [0.3, 0.4) is 0 Å². The second-order valence-electron chi connectivity index (χ2n) is 6.06. The summed E-state index contributed by atoms with van der Waals surface area (Å²) in [6.07, 6.45) is 1.54. The van der Waals surface area contributed by atoms with Gasteiger partial charge in [0.25, 0.3) is 5.56 Å². The van der Waals surface area contributed by atoms with E-state index in [4.69, 9.17) is 0 Å². The summed E-state index contributed by atoms with van der Waals surface area (Å²) in [7, 11) is 0. The van der Waals surface area contributed by atoms with E-state index < -0.39 is 0 Å². The fourth-order valence-corrected chi connectivity index (χ4v) is 4.10. The lowest BCUT2D eigenvalue weighted by atomic mass is 9.95. The number of nitrogens with one attached hydrogen (secondary N) is 1. The Morgan fingerprint density at radius 1 is 1.20 bits per heavy atom. The molecule has 0 saturated heterocycles. The molecule has 0 atom stereocenters. The van der Waals surface area contributed by atoms with Crippen molar-refractivity contribution in [3.8, 4) is 16.9 Å². The van der Waals surface area contributed by atoms with Gasteiger partial charge in [0.15, 0.2) is 0 Å². The summed E-state index contributed by atoms with van der Waals surface area (Å²) in [6, 6.07) is 10.1. The highest BCUT2D eigenvalue weighted by Gasteiger charge is 2.16. The van der Waals surface area contributed by atoms with E-state index in [0.717, 1.165) is 17.2 Å². The summed E-state index contributed by atoms with van der Waals surface area (Å²) < 4.78 is 15.0. The first-order valence-electron chi connectivity index (χ1n) is 8.14. The molecular formula is C20H16FNO2S. The number of hydrogen-bond donors (Lipinski definition) is 2. The van der Waals surface area contributed by atoms with Gasteiger partial charge in [-0.3, -0.25) is 4.79 Å². The number of aryl methyl sites for hydroxylation is 1. The smallest absolute Gasteiger partial charge is 0.266 e. The van der Waals surface area contributed by atoms with Crippen molar-refractivity contribution in [1.29, 1.82) is 0 Å². The van der Waals surface area contributed by atoms with Crippen LogP contribution in [0.15, 0.2) is 46.6 Å². The van der Waals surface area contributed by atoms with Crippen molar-refractivity contribution in [3.05, 3.63) is 63.5 Å². The third kappa shape index (κ3) is 2.51. The van der Waals surface area contributed by atoms with Crippen molar-refractivity contribution in [3.63, 3.8) is 0 Å². The van der Waals surface area contributed by atoms with Crippen LogP contribution in [-0.4, -0.2) is 10.1 Å². The Morgan fingerprint density at radius 2 is 2.04 bits per heavy atom. The molecule has 5 heteroatoms. The Bertz CT molecular complexity index is 1160. The molecular weight excluding hydrogens is 337 g/mol. The number of H-pyrrole nitrogens is 1. The van der Waals surface area contributed by atoms with E-state index >= 15 is 0 Å².